The fourth-order valence-electron chi connectivity index (χ4n) is 8.69. The minimum absolute atomic E-state index is 0.106. The zero-order chi connectivity index (χ0) is 31.7. The summed E-state index contributed by atoms with van der Waals surface area (Å²) in [4.78, 5) is 2.40. The second-order valence-electron chi connectivity index (χ2n) is 13.8. The Morgan fingerprint density at radius 2 is 1.06 bits per heavy atom. The minimum atomic E-state index is -0.106. The van der Waals surface area contributed by atoms with Gasteiger partial charge in [-0.2, -0.15) is 0 Å². The fraction of sp³-hybridized carbons (Fsp3) is 0.0667. The minimum Gasteiger partial charge on any atom is -0.456 e. The summed E-state index contributed by atoms with van der Waals surface area (Å²) < 4.78 is 8.89. The highest BCUT2D eigenvalue weighted by molar-refractivity contribution is 6.23. The first-order valence-corrected chi connectivity index (χ1v) is 16.7. The summed E-state index contributed by atoms with van der Waals surface area (Å²) in [5.41, 5.74) is 14.1. The number of hydrogen-bond donors (Lipinski definition) is 0. The molecule has 0 unspecified atom stereocenters. The average molecular weight is 615 g/mol. The molecule has 0 bridgehead atoms. The van der Waals surface area contributed by atoms with E-state index in [1.54, 1.807) is 0 Å². The van der Waals surface area contributed by atoms with Crippen LogP contribution < -0.4 is 4.90 Å². The van der Waals surface area contributed by atoms with Gasteiger partial charge in [0, 0.05) is 60.9 Å². The normalized spacial score (nSPS) is 13.8. The molecule has 0 saturated heterocycles. The largest absolute Gasteiger partial charge is 0.456 e. The summed E-state index contributed by atoms with van der Waals surface area (Å²) in [5.74, 6) is 0. The molecule has 10 aromatic rings. The Hall–Kier alpha value is -6.06. The molecule has 11 rings (SSSR count). The van der Waals surface area contributed by atoms with Crippen molar-refractivity contribution >= 4 is 77.1 Å². The van der Waals surface area contributed by atoms with Crippen LogP contribution in [0.3, 0.4) is 0 Å². The highest BCUT2D eigenvalue weighted by Gasteiger charge is 2.35. The number of benzene rings is 7. The number of anilines is 3. The number of nitrogens with zero attached hydrogens (tertiary/aromatic N) is 2. The molecule has 0 atom stereocenters. The van der Waals surface area contributed by atoms with Crippen LogP contribution in [0.1, 0.15) is 25.0 Å². The summed E-state index contributed by atoms with van der Waals surface area (Å²) in [5, 5.41) is 7.42. The predicted molar refractivity (Wildman–Crippen MR) is 201 cm³/mol. The zero-order valence-corrected chi connectivity index (χ0v) is 26.7. The third-order valence-corrected chi connectivity index (χ3v) is 10.9. The number of aromatic nitrogens is 1. The first-order chi connectivity index (χ1) is 23.6. The van der Waals surface area contributed by atoms with Crippen molar-refractivity contribution in [3.63, 3.8) is 0 Å². The second kappa shape index (κ2) is 9.05. The van der Waals surface area contributed by atoms with Gasteiger partial charge in [-0.15, -0.1) is 0 Å². The molecule has 7 aromatic carbocycles. The molecule has 3 heterocycles. The third kappa shape index (κ3) is 3.28. The molecule has 0 radical (unpaired) electrons. The molecule has 3 nitrogen and oxygen atoms in total. The molecule has 0 N–H and O–H groups in total. The Balaban J connectivity index is 1.19. The molecule has 0 spiro atoms. The average Bonchev–Trinajstić information content (AvgIpc) is 3.83. The smallest absolute Gasteiger partial charge is 0.137 e. The summed E-state index contributed by atoms with van der Waals surface area (Å²) in [6.07, 6.45) is 0. The molecule has 3 aromatic heterocycles. The number of furan rings is 1. The molecule has 48 heavy (non-hydrogen) atoms. The van der Waals surface area contributed by atoms with E-state index < -0.39 is 0 Å². The molecular weight excluding hydrogens is 585 g/mol. The summed E-state index contributed by atoms with van der Waals surface area (Å²) in [7, 11) is 0. The van der Waals surface area contributed by atoms with Crippen LogP contribution in [0, 0.1) is 0 Å². The first kappa shape index (κ1) is 26.1. The Morgan fingerprint density at radius 3 is 1.94 bits per heavy atom. The molecule has 0 amide bonds. The number of fused-ring (bicyclic) bond motifs is 12. The van der Waals surface area contributed by atoms with Gasteiger partial charge < -0.3 is 13.7 Å². The van der Waals surface area contributed by atoms with E-state index in [-0.39, 0.29) is 5.41 Å². The fourth-order valence-corrected chi connectivity index (χ4v) is 8.69. The van der Waals surface area contributed by atoms with Crippen molar-refractivity contribution < 1.29 is 4.42 Å². The number of rotatable bonds is 3. The van der Waals surface area contributed by atoms with Crippen molar-refractivity contribution in [2.45, 2.75) is 19.3 Å². The first-order valence-electron chi connectivity index (χ1n) is 16.7. The van der Waals surface area contributed by atoms with E-state index in [0.29, 0.717) is 0 Å². The van der Waals surface area contributed by atoms with Crippen LogP contribution in [0.5, 0.6) is 0 Å². The van der Waals surface area contributed by atoms with E-state index in [4.69, 9.17) is 4.42 Å². The van der Waals surface area contributed by atoms with Crippen molar-refractivity contribution in [2.75, 3.05) is 4.90 Å². The van der Waals surface area contributed by atoms with Crippen molar-refractivity contribution in [1.82, 2.24) is 4.40 Å². The van der Waals surface area contributed by atoms with Gasteiger partial charge in [0.2, 0.25) is 0 Å². The van der Waals surface area contributed by atoms with Crippen molar-refractivity contribution in [3.8, 4) is 11.1 Å². The quantitative estimate of drug-likeness (QED) is 0.197. The van der Waals surface area contributed by atoms with Crippen molar-refractivity contribution in [1.29, 1.82) is 0 Å². The summed E-state index contributed by atoms with van der Waals surface area (Å²) >= 11 is 0. The summed E-state index contributed by atoms with van der Waals surface area (Å²) in [6, 6.07) is 53.2. The standard InChI is InChI=1S/C45H30N2O/c1-45(2)38-15-6-3-10-30(38)31-21-18-27(24-39(31)45)46(29-20-23-35-34-12-5-8-17-42(34)48-43(35)26-29)28-19-22-33-37-14-9-13-36-32-11-4-7-16-40(32)47(44(36)37)41(33)25-28/h3-26H,1-2H3. The van der Waals surface area contributed by atoms with Gasteiger partial charge in [-0.05, 0) is 70.8 Å². The molecule has 1 aliphatic carbocycles. The van der Waals surface area contributed by atoms with Gasteiger partial charge in [0.25, 0.3) is 0 Å². The van der Waals surface area contributed by atoms with Gasteiger partial charge in [-0.3, -0.25) is 0 Å². The van der Waals surface area contributed by atoms with E-state index in [2.05, 4.69) is 157 Å². The maximum atomic E-state index is 6.43. The molecule has 226 valence electrons. The van der Waals surface area contributed by atoms with Gasteiger partial charge in [-0.25, -0.2) is 0 Å². The lowest BCUT2D eigenvalue weighted by molar-refractivity contribution is 0.660. The Kier molecular flexibility index (Phi) is 4.91. The SMILES string of the molecule is CC1(C)c2ccccc2-c2ccc(N(c3ccc4c(c3)oc3ccccc34)c3ccc4c5cccc6c7ccccc7n(c4c3)c65)cc21. The summed E-state index contributed by atoms with van der Waals surface area (Å²) in [6.45, 7) is 4.70. The highest BCUT2D eigenvalue weighted by atomic mass is 16.3. The Morgan fingerprint density at radius 1 is 0.458 bits per heavy atom. The molecule has 3 heteroatoms. The van der Waals surface area contributed by atoms with Crippen LogP contribution in [0.25, 0.3) is 71.2 Å². The van der Waals surface area contributed by atoms with Crippen LogP contribution in [0.2, 0.25) is 0 Å². The van der Waals surface area contributed by atoms with Gasteiger partial charge in [0.05, 0.1) is 16.6 Å². The number of hydrogen-bond acceptors (Lipinski definition) is 2. The maximum Gasteiger partial charge on any atom is 0.137 e. The molecule has 0 saturated carbocycles. The lowest BCUT2D eigenvalue weighted by Crippen LogP contribution is -2.16. The lowest BCUT2D eigenvalue weighted by Gasteiger charge is -2.28. The van der Waals surface area contributed by atoms with Gasteiger partial charge in [-0.1, -0.05) is 105 Å². The topological polar surface area (TPSA) is 20.8 Å². The Bertz CT molecular complexity index is 2940. The van der Waals surface area contributed by atoms with E-state index in [1.165, 1.54) is 60.3 Å². The molecular formula is C45H30N2O. The van der Waals surface area contributed by atoms with Crippen molar-refractivity contribution in [2.24, 2.45) is 0 Å². The van der Waals surface area contributed by atoms with E-state index in [1.807, 2.05) is 12.1 Å². The van der Waals surface area contributed by atoms with Crippen LogP contribution in [0.4, 0.5) is 17.1 Å². The van der Waals surface area contributed by atoms with Crippen LogP contribution in [-0.4, -0.2) is 4.40 Å². The predicted octanol–water partition coefficient (Wildman–Crippen LogP) is 12.5. The van der Waals surface area contributed by atoms with Gasteiger partial charge in [0.15, 0.2) is 0 Å². The lowest BCUT2D eigenvalue weighted by atomic mass is 9.82. The molecule has 1 aliphatic rings. The van der Waals surface area contributed by atoms with Crippen LogP contribution in [0.15, 0.2) is 150 Å². The Labute approximate surface area is 277 Å². The highest BCUT2D eigenvalue weighted by Crippen LogP contribution is 2.51. The van der Waals surface area contributed by atoms with Crippen LogP contribution >= 0.6 is 0 Å². The van der Waals surface area contributed by atoms with Crippen molar-refractivity contribution in [3.05, 3.63) is 157 Å². The third-order valence-electron chi connectivity index (χ3n) is 10.9. The van der Waals surface area contributed by atoms with Gasteiger partial charge in [0.1, 0.15) is 11.2 Å². The molecule has 0 fully saturated rings. The van der Waals surface area contributed by atoms with Crippen LogP contribution in [-0.2, 0) is 5.41 Å². The van der Waals surface area contributed by atoms with E-state index in [0.717, 1.165) is 39.0 Å². The maximum absolute atomic E-state index is 6.43. The van der Waals surface area contributed by atoms with E-state index >= 15 is 0 Å². The molecule has 0 aliphatic heterocycles. The monoisotopic (exact) mass is 614 g/mol. The number of para-hydroxylation sites is 3. The second-order valence-corrected chi connectivity index (χ2v) is 13.8. The zero-order valence-electron chi connectivity index (χ0n) is 26.7. The van der Waals surface area contributed by atoms with E-state index in [9.17, 15) is 0 Å². The van der Waals surface area contributed by atoms with Gasteiger partial charge >= 0.3 is 0 Å².